The summed E-state index contributed by atoms with van der Waals surface area (Å²) in [4.78, 5) is 12.7. The van der Waals surface area contributed by atoms with Crippen molar-refractivity contribution < 1.29 is 0 Å². The highest BCUT2D eigenvalue weighted by molar-refractivity contribution is 7.18. The Morgan fingerprint density at radius 3 is 2.75 bits per heavy atom. The standard InChI is InChI=1S/C16H13ClN6S/c1-8-9(2)24-16-13(8)15(18-10(3)19-16)23-21-14(20-22-23)11-5-4-6-12(17)7-11/h4-7H,1-3H3. The van der Waals surface area contributed by atoms with Gasteiger partial charge in [0.15, 0.2) is 5.82 Å². The third-order valence-corrected chi connectivity index (χ3v) is 5.14. The Bertz CT molecular complexity index is 1070. The molecule has 1 aromatic carbocycles. The Morgan fingerprint density at radius 2 is 1.96 bits per heavy atom. The molecule has 0 saturated heterocycles. The molecule has 3 aromatic heterocycles. The van der Waals surface area contributed by atoms with Gasteiger partial charge in [-0.1, -0.05) is 23.7 Å². The smallest absolute Gasteiger partial charge is 0.205 e. The number of fused-ring (bicyclic) bond motifs is 1. The minimum atomic E-state index is 0.506. The van der Waals surface area contributed by atoms with Crippen LogP contribution in [0.25, 0.3) is 27.4 Å². The van der Waals surface area contributed by atoms with Gasteiger partial charge in [0, 0.05) is 15.5 Å². The molecule has 4 rings (SSSR count). The Kier molecular flexibility index (Phi) is 3.54. The number of benzene rings is 1. The number of hydrogen-bond donors (Lipinski definition) is 0. The largest absolute Gasteiger partial charge is 0.222 e. The molecule has 0 aliphatic rings. The molecule has 6 nitrogen and oxygen atoms in total. The molecule has 8 heteroatoms. The van der Waals surface area contributed by atoms with Gasteiger partial charge in [-0.25, -0.2) is 9.97 Å². The topological polar surface area (TPSA) is 69.4 Å². The molecule has 0 bridgehead atoms. The van der Waals surface area contributed by atoms with E-state index in [1.807, 2.05) is 31.2 Å². The van der Waals surface area contributed by atoms with Crippen LogP contribution in [0.3, 0.4) is 0 Å². The predicted molar refractivity (Wildman–Crippen MR) is 94.8 cm³/mol. The minimum absolute atomic E-state index is 0.506. The van der Waals surface area contributed by atoms with Gasteiger partial charge in [0.25, 0.3) is 0 Å². The SMILES string of the molecule is Cc1nc(-n2nnc(-c3cccc(Cl)c3)n2)c2c(C)c(C)sc2n1. The Hall–Kier alpha value is -2.38. The zero-order chi connectivity index (χ0) is 16.8. The number of hydrogen-bond acceptors (Lipinski definition) is 6. The van der Waals surface area contributed by atoms with Crippen LogP contribution in [0.2, 0.25) is 5.02 Å². The summed E-state index contributed by atoms with van der Waals surface area (Å²) in [6, 6.07) is 7.37. The highest BCUT2D eigenvalue weighted by Crippen LogP contribution is 2.32. The molecule has 0 amide bonds. The first kappa shape index (κ1) is 15.2. The van der Waals surface area contributed by atoms with Crippen LogP contribution in [0, 0.1) is 20.8 Å². The molecule has 0 fully saturated rings. The molecule has 0 atom stereocenters. The minimum Gasteiger partial charge on any atom is -0.222 e. The van der Waals surface area contributed by atoms with Crippen molar-refractivity contribution in [2.75, 3.05) is 0 Å². The molecule has 3 heterocycles. The van der Waals surface area contributed by atoms with Crippen molar-refractivity contribution >= 4 is 33.2 Å². The van der Waals surface area contributed by atoms with E-state index < -0.39 is 0 Å². The lowest BCUT2D eigenvalue weighted by Gasteiger charge is -2.02. The zero-order valence-electron chi connectivity index (χ0n) is 13.3. The van der Waals surface area contributed by atoms with Crippen LogP contribution in [0.1, 0.15) is 16.3 Å². The molecule has 0 spiro atoms. The van der Waals surface area contributed by atoms with Gasteiger partial charge < -0.3 is 0 Å². The van der Waals surface area contributed by atoms with Crippen molar-refractivity contribution in [2.45, 2.75) is 20.8 Å². The lowest BCUT2D eigenvalue weighted by molar-refractivity contribution is 0.701. The molecular formula is C16H13ClN6S. The van der Waals surface area contributed by atoms with Gasteiger partial charge in [-0.05, 0) is 43.7 Å². The average Bonchev–Trinajstić information content (AvgIpc) is 3.13. The summed E-state index contributed by atoms with van der Waals surface area (Å²) in [5, 5.41) is 14.4. The highest BCUT2D eigenvalue weighted by atomic mass is 35.5. The Labute approximate surface area is 147 Å². The maximum atomic E-state index is 6.04. The summed E-state index contributed by atoms with van der Waals surface area (Å²) < 4.78 is 0. The third-order valence-electron chi connectivity index (χ3n) is 3.81. The zero-order valence-corrected chi connectivity index (χ0v) is 14.9. The number of nitrogens with zero attached hydrogens (tertiary/aromatic N) is 6. The summed E-state index contributed by atoms with van der Waals surface area (Å²) in [6.45, 7) is 6.00. The van der Waals surface area contributed by atoms with Gasteiger partial charge in [0.2, 0.25) is 5.82 Å². The molecule has 0 radical (unpaired) electrons. The molecule has 120 valence electrons. The maximum absolute atomic E-state index is 6.04. The molecule has 4 aromatic rings. The molecule has 0 saturated carbocycles. The number of thiophene rings is 1. The fourth-order valence-corrected chi connectivity index (χ4v) is 3.78. The van der Waals surface area contributed by atoms with Crippen LogP contribution < -0.4 is 0 Å². The van der Waals surface area contributed by atoms with Gasteiger partial charge >= 0.3 is 0 Å². The summed E-state index contributed by atoms with van der Waals surface area (Å²) in [7, 11) is 0. The van der Waals surface area contributed by atoms with E-state index in [-0.39, 0.29) is 0 Å². The molecular weight excluding hydrogens is 344 g/mol. The normalized spacial score (nSPS) is 11.3. The second-order valence-corrected chi connectivity index (χ2v) is 7.11. The van der Waals surface area contributed by atoms with Crippen molar-refractivity contribution in [2.24, 2.45) is 0 Å². The fraction of sp³-hybridized carbons (Fsp3) is 0.188. The number of aryl methyl sites for hydroxylation is 3. The lowest BCUT2D eigenvalue weighted by Crippen LogP contribution is -2.05. The van der Waals surface area contributed by atoms with Crippen LogP contribution in [-0.4, -0.2) is 30.2 Å². The maximum Gasteiger partial charge on any atom is 0.205 e. The first-order valence-corrected chi connectivity index (χ1v) is 8.53. The van der Waals surface area contributed by atoms with Crippen molar-refractivity contribution in [3.8, 4) is 17.2 Å². The van der Waals surface area contributed by atoms with E-state index in [2.05, 4.69) is 39.2 Å². The van der Waals surface area contributed by atoms with Crippen molar-refractivity contribution in [1.82, 2.24) is 30.2 Å². The second kappa shape index (κ2) is 5.61. The summed E-state index contributed by atoms with van der Waals surface area (Å²) in [5.74, 6) is 1.84. The van der Waals surface area contributed by atoms with Gasteiger partial charge in [-0.15, -0.1) is 26.3 Å². The van der Waals surface area contributed by atoms with Gasteiger partial charge in [-0.2, -0.15) is 0 Å². The van der Waals surface area contributed by atoms with E-state index in [0.717, 1.165) is 21.3 Å². The number of tetrazole rings is 1. The van der Waals surface area contributed by atoms with Gasteiger partial charge in [0.1, 0.15) is 10.7 Å². The van der Waals surface area contributed by atoms with Crippen LogP contribution in [0.4, 0.5) is 0 Å². The molecule has 0 aliphatic carbocycles. The summed E-state index contributed by atoms with van der Waals surface area (Å²) >= 11 is 7.69. The van der Waals surface area contributed by atoms with E-state index in [4.69, 9.17) is 11.6 Å². The van der Waals surface area contributed by atoms with E-state index in [1.165, 1.54) is 9.67 Å². The van der Waals surface area contributed by atoms with Crippen molar-refractivity contribution in [3.05, 3.63) is 45.6 Å². The second-order valence-electron chi connectivity index (χ2n) is 5.47. The van der Waals surface area contributed by atoms with E-state index in [1.54, 1.807) is 11.3 Å². The molecule has 0 N–H and O–H groups in total. The summed E-state index contributed by atoms with van der Waals surface area (Å²) in [6.07, 6.45) is 0. The van der Waals surface area contributed by atoms with Crippen LogP contribution in [0.15, 0.2) is 24.3 Å². The Balaban J connectivity index is 1.90. The van der Waals surface area contributed by atoms with Crippen LogP contribution >= 0.6 is 22.9 Å². The van der Waals surface area contributed by atoms with Gasteiger partial charge in [0.05, 0.1) is 5.39 Å². The molecule has 0 unspecified atom stereocenters. The van der Waals surface area contributed by atoms with Crippen molar-refractivity contribution in [1.29, 1.82) is 0 Å². The van der Waals surface area contributed by atoms with E-state index in [0.29, 0.717) is 22.5 Å². The number of aromatic nitrogens is 6. The van der Waals surface area contributed by atoms with E-state index >= 15 is 0 Å². The monoisotopic (exact) mass is 356 g/mol. The Morgan fingerprint density at radius 1 is 1.12 bits per heavy atom. The summed E-state index contributed by atoms with van der Waals surface area (Å²) in [5.41, 5.74) is 1.96. The molecule has 0 aliphatic heterocycles. The third kappa shape index (κ3) is 2.46. The van der Waals surface area contributed by atoms with Crippen LogP contribution in [-0.2, 0) is 0 Å². The first-order valence-electron chi connectivity index (χ1n) is 7.33. The predicted octanol–water partition coefficient (Wildman–Crippen LogP) is 3.91. The quantitative estimate of drug-likeness (QED) is 0.544. The van der Waals surface area contributed by atoms with Crippen LogP contribution in [0.5, 0.6) is 0 Å². The van der Waals surface area contributed by atoms with Gasteiger partial charge in [-0.3, -0.25) is 0 Å². The average molecular weight is 357 g/mol. The molecule has 24 heavy (non-hydrogen) atoms. The lowest BCUT2D eigenvalue weighted by atomic mass is 10.2. The first-order chi connectivity index (χ1) is 11.5. The highest BCUT2D eigenvalue weighted by Gasteiger charge is 2.17. The number of rotatable bonds is 2. The van der Waals surface area contributed by atoms with Crippen molar-refractivity contribution in [3.63, 3.8) is 0 Å². The number of halogens is 1. The van der Waals surface area contributed by atoms with E-state index in [9.17, 15) is 0 Å². The fourth-order valence-electron chi connectivity index (χ4n) is 2.52.